The predicted molar refractivity (Wildman–Crippen MR) is 120 cm³/mol. The molecule has 0 saturated heterocycles. The van der Waals surface area contributed by atoms with Crippen LogP contribution < -0.4 is 0 Å². The largest absolute Gasteiger partial charge is 0.297 e. The number of Topliss-reactive ketones (excluding diaryl/α,β-unsaturated/α-hetero) is 3. The van der Waals surface area contributed by atoms with Crippen LogP contribution in [0.15, 0.2) is 41.5 Å². The standard InChI is InChI=1S/C25H30N2O3/c1-24(2,26(5)6)22(29)15-9-10-17-16(13-15)14-20-18(17)11-12-19(21(20)28)23(30)25(3,4)27(7)8/h9-14H,1-8H3. The van der Waals surface area contributed by atoms with Crippen molar-refractivity contribution in [2.24, 2.45) is 0 Å². The summed E-state index contributed by atoms with van der Waals surface area (Å²) in [5.74, 6) is -0.441. The zero-order valence-electron chi connectivity index (χ0n) is 19.1. The lowest BCUT2D eigenvalue weighted by atomic mass is 9.83. The summed E-state index contributed by atoms with van der Waals surface area (Å²) in [6.07, 6.45) is 5.26. The van der Waals surface area contributed by atoms with E-state index in [1.54, 1.807) is 12.2 Å². The maximum atomic E-state index is 13.2. The van der Waals surface area contributed by atoms with Crippen molar-refractivity contribution >= 4 is 29.0 Å². The van der Waals surface area contributed by atoms with E-state index in [2.05, 4.69) is 0 Å². The van der Waals surface area contributed by atoms with Gasteiger partial charge in [0.05, 0.1) is 16.7 Å². The summed E-state index contributed by atoms with van der Waals surface area (Å²) in [5, 5.41) is 0. The smallest absolute Gasteiger partial charge is 0.197 e. The van der Waals surface area contributed by atoms with Gasteiger partial charge in [-0.1, -0.05) is 18.2 Å². The Bertz CT molecular complexity index is 1050. The van der Waals surface area contributed by atoms with E-state index in [-0.39, 0.29) is 22.9 Å². The van der Waals surface area contributed by atoms with Gasteiger partial charge in [0, 0.05) is 11.1 Å². The number of rotatable bonds is 6. The van der Waals surface area contributed by atoms with Gasteiger partial charge in [-0.15, -0.1) is 0 Å². The first-order chi connectivity index (χ1) is 13.8. The molecule has 0 aliphatic heterocycles. The Morgan fingerprint density at radius 3 is 1.93 bits per heavy atom. The molecule has 30 heavy (non-hydrogen) atoms. The molecule has 0 atom stereocenters. The number of nitrogens with zero attached hydrogens (tertiary/aromatic N) is 2. The van der Waals surface area contributed by atoms with Gasteiger partial charge in [-0.25, -0.2) is 0 Å². The van der Waals surface area contributed by atoms with Gasteiger partial charge < -0.3 is 0 Å². The molecule has 1 aromatic carbocycles. The zero-order valence-corrected chi connectivity index (χ0v) is 19.1. The Labute approximate surface area is 178 Å². The van der Waals surface area contributed by atoms with Crippen molar-refractivity contribution in [3.05, 3.63) is 58.2 Å². The highest BCUT2D eigenvalue weighted by atomic mass is 16.2. The minimum absolute atomic E-state index is 0.0191. The van der Waals surface area contributed by atoms with Gasteiger partial charge in [0.1, 0.15) is 0 Å². The van der Waals surface area contributed by atoms with Crippen LogP contribution in [0, 0.1) is 0 Å². The molecule has 0 amide bonds. The van der Waals surface area contributed by atoms with Crippen molar-refractivity contribution in [3.8, 4) is 0 Å². The van der Waals surface area contributed by atoms with Gasteiger partial charge in [-0.05, 0) is 90.8 Å². The van der Waals surface area contributed by atoms with E-state index in [4.69, 9.17) is 0 Å². The van der Waals surface area contributed by atoms with E-state index in [1.807, 2.05) is 90.0 Å². The second-order valence-corrected chi connectivity index (χ2v) is 9.41. The Kier molecular flexibility index (Phi) is 5.34. The molecule has 1 aromatic rings. The lowest BCUT2D eigenvalue weighted by Gasteiger charge is -2.32. The summed E-state index contributed by atoms with van der Waals surface area (Å²) in [6.45, 7) is 7.40. The second kappa shape index (κ2) is 7.25. The van der Waals surface area contributed by atoms with Crippen molar-refractivity contribution in [1.29, 1.82) is 0 Å². The van der Waals surface area contributed by atoms with E-state index in [0.29, 0.717) is 11.1 Å². The minimum Gasteiger partial charge on any atom is -0.297 e. The molecule has 0 N–H and O–H groups in total. The van der Waals surface area contributed by atoms with Crippen LogP contribution in [0.3, 0.4) is 0 Å². The van der Waals surface area contributed by atoms with Crippen LogP contribution >= 0.6 is 0 Å². The van der Waals surface area contributed by atoms with E-state index >= 15 is 0 Å². The van der Waals surface area contributed by atoms with Crippen LogP contribution in [-0.2, 0) is 9.59 Å². The number of fused-ring (bicyclic) bond motifs is 3. The summed E-state index contributed by atoms with van der Waals surface area (Å²) in [6, 6.07) is 5.54. The third-order valence-electron chi connectivity index (χ3n) is 6.69. The summed E-state index contributed by atoms with van der Waals surface area (Å²) in [7, 11) is 7.41. The average molecular weight is 407 g/mol. The molecule has 158 valence electrons. The van der Waals surface area contributed by atoms with E-state index in [1.165, 1.54) is 0 Å². The molecule has 0 bridgehead atoms. The molecular weight excluding hydrogens is 376 g/mol. The monoisotopic (exact) mass is 406 g/mol. The van der Waals surface area contributed by atoms with Crippen LogP contribution in [0.25, 0.3) is 11.6 Å². The number of hydrogen-bond acceptors (Lipinski definition) is 5. The lowest BCUT2D eigenvalue weighted by Crippen LogP contribution is -2.47. The van der Waals surface area contributed by atoms with Gasteiger partial charge >= 0.3 is 0 Å². The molecule has 5 heteroatoms. The maximum Gasteiger partial charge on any atom is 0.197 e. The molecule has 0 unspecified atom stereocenters. The molecule has 0 spiro atoms. The van der Waals surface area contributed by atoms with Gasteiger partial charge in [-0.2, -0.15) is 0 Å². The molecule has 2 aliphatic carbocycles. The van der Waals surface area contributed by atoms with Crippen LogP contribution in [0.1, 0.15) is 49.2 Å². The molecular formula is C25H30N2O3. The van der Waals surface area contributed by atoms with Crippen molar-refractivity contribution < 1.29 is 14.4 Å². The number of ketones is 3. The lowest BCUT2D eigenvalue weighted by molar-refractivity contribution is -0.126. The molecule has 5 nitrogen and oxygen atoms in total. The Hall–Kier alpha value is -2.63. The van der Waals surface area contributed by atoms with Crippen LogP contribution in [-0.4, -0.2) is 66.4 Å². The third kappa shape index (κ3) is 3.32. The molecule has 0 saturated carbocycles. The van der Waals surface area contributed by atoms with E-state index in [0.717, 1.165) is 16.7 Å². The SMILES string of the molecule is CN(C)C(C)(C)C(=O)C1=CC=C2C(=Cc3cc(C(=O)C(C)(C)N(C)C)ccc32)C1=O. The van der Waals surface area contributed by atoms with Gasteiger partial charge in [-0.3, -0.25) is 24.2 Å². The fourth-order valence-electron chi connectivity index (χ4n) is 3.47. The van der Waals surface area contributed by atoms with Gasteiger partial charge in [0.15, 0.2) is 17.3 Å². The number of carbonyl (C=O) groups excluding carboxylic acids is 3. The first-order valence-corrected chi connectivity index (χ1v) is 10.1. The first kappa shape index (κ1) is 22.1. The van der Waals surface area contributed by atoms with Crippen molar-refractivity contribution in [2.45, 2.75) is 38.8 Å². The van der Waals surface area contributed by atoms with E-state index < -0.39 is 11.1 Å². The second-order valence-electron chi connectivity index (χ2n) is 9.41. The number of hydrogen-bond donors (Lipinski definition) is 0. The first-order valence-electron chi connectivity index (χ1n) is 10.1. The summed E-state index contributed by atoms with van der Waals surface area (Å²) in [5.41, 5.74) is 2.44. The maximum absolute atomic E-state index is 13.2. The summed E-state index contributed by atoms with van der Waals surface area (Å²) in [4.78, 5) is 42.9. The molecule has 0 radical (unpaired) electrons. The number of carbonyl (C=O) groups is 3. The quantitative estimate of drug-likeness (QED) is 0.535. The molecule has 2 aliphatic rings. The van der Waals surface area contributed by atoms with Crippen molar-refractivity contribution in [2.75, 3.05) is 28.2 Å². The predicted octanol–water partition coefficient (Wildman–Crippen LogP) is 3.41. The fraction of sp³-hybridized carbons (Fsp3) is 0.400. The Morgan fingerprint density at radius 2 is 1.37 bits per heavy atom. The zero-order chi connectivity index (χ0) is 22.6. The highest BCUT2D eigenvalue weighted by Gasteiger charge is 2.39. The molecule has 0 aromatic heterocycles. The summed E-state index contributed by atoms with van der Waals surface area (Å²) >= 11 is 0. The van der Waals surface area contributed by atoms with Gasteiger partial charge in [0.25, 0.3) is 0 Å². The van der Waals surface area contributed by atoms with Crippen LogP contribution in [0.2, 0.25) is 0 Å². The third-order valence-corrected chi connectivity index (χ3v) is 6.69. The van der Waals surface area contributed by atoms with Gasteiger partial charge in [0.2, 0.25) is 0 Å². The minimum atomic E-state index is -0.782. The number of likely N-dealkylation sites (N-methyl/N-ethyl adjacent to an activating group) is 2. The topological polar surface area (TPSA) is 57.7 Å². The molecule has 0 fully saturated rings. The van der Waals surface area contributed by atoms with Crippen LogP contribution in [0.5, 0.6) is 0 Å². The molecule has 0 heterocycles. The fourth-order valence-corrected chi connectivity index (χ4v) is 3.47. The van der Waals surface area contributed by atoms with Crippen LogP contribution in [0.4, 0.5) is 0 Å². The van der Waals surface area contributed by atoms with Crippen molar-refractivity contribution in [3.63, 3.8) is 0 Å². The number of allylic oxidation sites excluding steroid dienone is 4. The Morgan fingerprint density at radius 1 is 0.800 bits per heavy atom. The summed E-state index contributed by atoms with van der Waals surface area (Å²) < 4.78 is 0. The average Bonchev–Trinajstić information content (AvgIpc) is 3.05. The Balaban J connectivity index is 1.99. The molecule has 3 rings (SSSR count). The number of benzene rings is 1. The van der Waals surface area contributed by atoms with Crippen molar-refractivity contribution in [1.82, 2.24) is 9.80 Å². The highest BCUT2D eigenvalue weighted by Crippen LogP contribution is 2.41. The highest BCUT2D eigenvalue weighted by molar-refractivity contribution is 6.36. The normalized spacial score (nSPS) is 16.2. The van der Waals surface area contributed by atoms with E-state index in [9.17, 15) is 14.4 Å².